The predicted molar refractivity (Wildman–Crippen MR) is 148 cm³/mol. The van der Waals surface area contributed by atoms with Crippen molar-refractivity contribution in [3.05, 3.63) is 76.4 Å². The van der Waals surface area contributed by atoms with E-state index in [0.29, 0.717) is 28.4 Å². The summed E-state index contributed by atoms with van der Waals surface area (Å²) in [6, 6.07) is 12.6. The van der Waals surface area contributed by atoms with Gasteiger partial charge in [0.15, 0.2) is 0 Å². The van der Waals surface area contributed by atoms with Crippen LogP contribution in [0.15, 0.2) is 42.5 Å². The summed E-state index contributed by atoms with van der Waals surface area (Å²) < 4.78 is 14.0. The average Bonchev–Trinajstić information content (AvgIpc) is 3.63. The summed E-state index contributed by atoms with van der Waals surface area (Å²) in [5, 5.41) is 2.94. The Morgan fingerprint density at radius 1 is 1.03 bits per heavy atom. The molecule has 196 valence electrons. The molecule has 0 aliphatic carbocycles. The third-order valence-corrected chi connectivity index (χ3v) is 8.35. The highest BCUT2D eigenvalue weighted by Crippen LogP contribution is 2.41. The number of H-pyrrole nitrogens is 1. The Bertz CT molecular complexity index is 1440. The molecule has 3 aliphatic heterocycles. The van der Waals surface area contributed by atoms with Gasteiger partial charge in [0.25, 0.3) is 11.8 Å². The minimum absolute atomic E-state index is 0.0532. The number of benzene rings is 2. The molecule has 0 bridgehead atoms. The minimum atomic E-state index is -0.327. The second-order valence-corrected chi connectivity index (χ2v) is 10.7. The molecule has 0 spiro atoms. The summed E-state index contributed by atoms with van der Waals surface area (Å²) in [4.78, 5) is 34.6. The van der Waals surface area contributed by atoms with Gasteiger partial charge in [0, 0.05) is 41.8 Å². The first-order chi connectivity index (χ1) is 18.4. The molecule has 2 fully saturated rings. The fraction of sp³-hybridized carbons (Fsp3) is 0.355. The van der Waals surface area contributed by atoms with Crippen molar-refractivity contribution < 1.29 is 14.0 Å². The van der Waals surface area contributed by atoms with Crippen LogP contribution in [0.3, 0.4) is 0 Å². The van der Waals surface area contributed by atoms with Crippen LogP contribution in [0.5, 0.6) is 0 Å². The van der Waals surface area contributed by atoms with Crippen LogP contribution in [0, 0.1) is 19.7 Å². The molecule has 3 aromatic rings. The van der Waals surface area contributed by atoms with Crippen molar-refractivity contribution in [1.82, 2.24) is 14.8 Å². The number of halogens is 1. The molecule has 38 heavy (non-hydrogen) atoms. The smallest absolute Gasteiger partial charge is 0.256 e. The van der Waals surface area contributed by atoms with Crippen LogP contribution in [0.1, 0.15) is 58.6 Å². The zero-order chi connectivity index (χ0) is 26.4. The zero-order valence-electron chi connectivity index (χ0n) is 21.9. The van der Waals surface area contributed by atoms with Gasteiger partial charge in [-0.05, 0) is 93.6 Å². The van der Waals surface area contributed by atoms with Gasteiger partial charge in [-0.15, -0.1) is 0 Å². The monoisotopic (exact) mass is 512 g/mol. The third kappa shape index (κ3) is 4.35. The Balaban J connectivity index is 1.30. The predicted octanol–water partition coefficient (Wildman–Crippen LogP) is 5.63. The Hall–Kier alpha value is -3.71. The lowest BCUT2D eigenvalue weighted by Gasteiger charge is -2.36. The maximum atomic E-state index is 14.0. The van der Waals surface area contributed by atoms with Crippen molar-refractivity contribution in [2.45, 2.75) is 45.6 Å². The number of hydrogen-bond acceptors (Lipinski definition) is 3. The maximum absolute atomic E-state index is 14.0. The number of carbonyl (C=O) groups excluding carboxylic acids is 2. The van der Waals surface area contributed by atoms with Gasteiger partial charge in [-0.2, -0.15) is 0 Å². The van der Waals surface area contributed by atoms with Gasteiger partial charge in [0.2, 0.25) is 0 Å². The van der Waals surface area contributed by atoms with E-state index in [9.17, 15) is 14.0 Å². The summed E-state index contributed by atoms with van der Waals surface area (Å²) in [7, 11) is 0. The van der Waals surface area contributed by atoms with Crippen LogP contribution in [0.2, 0.25) is 0 Å². The Kier molecular flexibility index (Phi) is 6.40. The lowest BCUT2D eigenvalue weighted by Crippen LogP contribution is -2.46. The van der Waals surface area contributed by atoms with Crippen LogP contribution < -0.4 is 5.32 Å². The number of anilines is 1. The summed E-state index contributed by atoms with van der Waals surface area (Å²) >= 11 is 0. The maximum Gasteiger partial charge on any atom is 0.256 e. The number of aromatic amines is 1. The van der Waals surface area contributed by atoms with Crippen molar-refractivity contribution in [3.8, 4) is 11.1 Å². The van der Waals surface area contributed by atoms with Gasteiger partial charge in [-0.3, -0.25) is 9.59 Å². The molecule has 0 unspecified atom stereocenters. The van der Waals surface area contributed by atoms with Gasteiger partial charge in [0.05, 0.1) is 11.1 Å². The van der Waals surface area contributed by atoms with Crippen LogP contribution in [-0.4, -0.2) is 58.8 Å². The molecule has 7 heteroatoms. The molecule has 6 rings (SSSR count). The molecule has 2 amide bonds. The molecular formula is C31H33FN4O2. The van der Waals surface area contributed by atoms with Crippen LogP contribution in [0.25, 0.3) is 22.8 Å². The second kappa shape index (κ2) is 9.87. The molecule has 1 aromatic heterocycles. The third-order valence-electron chi connectivity index (χ3n) is 8.35. The average molecular weight is 513 g/mol. The highest BCUT2D eigenvalue weighted by Gasteiger charge is 2.32. The van der Waals surface area contributed by atoms with Gasteiger partial charge in [-0.25, -0.2) is 4.39 Å². The standard InChI is InChI=1S/C31H33FN4O2/c1-19-27(33-20(2)28(19)31(38)36-15-11-23(12-16-36)35-13-3-4-14-35)18-25-29-24(21-7-5-8-22(32)17-21)9-6-10-26(29)34-30(25)37/h5-10,17-18,23,33H,3-4,11-16H2,1-2H3,(H,34,37). The number of aryl methyl sites for hydroxylation is 1. The van der Waals surface area contributed by atoms with Crippen molar-refractivity contribution in [3.63, 3.8) is 0 Å². The van der Waals surface area contributed by atoms with E-state index in [-0.39, 0.29) is 17.6 Å². The van der Waals surface area contributed by atoms with Gasteiger partial charge in [0.1, 0.15) is 5.82 Å². The number of fused-ring (bicyclic) bond motifs is 1. The van der Waals surface area contributed by atoms with Gasteiger partial charge >= 0.3 is 0 Å². The largest absolute Gasteiger partial charge is 0.358 e. The van der Waals surface area contributed by atoms with E-state index in [1.807, 2.05) is 49.1 Å². The van der Waals surface area contributed by atoms with Crippen molar-refractivity contribution in [2.24, 2.45) is 0 Å². The summed E-state index contributed by atoms with van der Waals surface area (Å²) in [6.07, 6.45) is 6.43. The first kappa shape index (κ1) is 24.6. The Morgan fingerprint density at radius 2 is 1.76 bits per heavy atom. The van der Waals surface area contributed by atoms with E-state index in [1.54, 1.807) is 6.07 Å². The van der Waals surface area contributed by atoms with Gasteiger partial charge < -0.3 is 20.1 Å². The second-order valence-electron chi connectivity index (χ2n) is 10.7. The van der Waals surface area contributed by atoms with E-state index in [2.05, 4.69) is 15.2 Å². The fourth-order valence-corrected chi connectivity index (χ4v) is 6.37. The SMILES string of the molecule is Cc1[nH]c(C=C2C(=O)Nc3cccc(-c4cccc(F)c4)c32)c(C)c1C(=O)N1CCC(N2CCCC2)CC1. The molecule has 4 heterocycles. The zero-order valence-corrected chi connectivity index (χ0v) is 21.9. The number of piperidine rings is 1. The highest BCUT2D eigenvalue weighted by atomic mass is 19.1. The van der Waals surface area contributed by atoms with E-state index >= 15 is 0 Å². The first-order valence-corrected chi connectivity index (χ1v) is 13.6. The molecule has 0 atom stereocenters. The molecular weight excluding hydrogens is 479 g/mol. The minimum Gasteiger partial charge on any atom is -0.358 e. The van der Waals surface area contributed by atoms with Gasteiger partial charge in [-0.1, -0.05) is 24.3 Å². The lowest BCUT2D eigenvalue weighted by atomic mass is 9.94. The molecule has 2 N–H and O–H groups in total. The van der Waals surface area contributed by atoms with E-state index in [0.717, 1.165) is 54.0 Å². The van der Waals surface area contributed by atoms with Crippen molar-refractivity contribution >= 4 is 29.2 Å². The number of amides is 2. The molecule has 0 saturated carbocycles. The summed E-state index contributed by atoms with van der Waals surface area (Å²) in [5.74, 6) is -0.490. The fourth-order valence-electron chi connectivity index (χ4n) is 6.37. The number of hydrogen-bond donors (Lipinski definition) is 2. The topological polar surface area (TPSA) is 68.4 Å². The molecule has 3 aliphatic rings. The van der Waals surface area contributed by atoms with E-state index < -0.39 is 0 Å². The quantitative estimate of drug-likeness (QED) is 0.445. The van der Waals surface area contributed by atoms with Crippen molar-refractivity contribution in [1.29, 1.82) is 0 Å². The number of nitrogens with one attached hydrogen (secondary N) is 2. The Morgan fingerprint density at radius 3 is 2.50 bits per heavy atom. The van der Waals surface area contributed by atoms with Crippen LogP contribution >= 0.6 is 0 Å². The van der Waals surface area contributed by atoms with Crippen molar-refractivity contribution in [2.75, 3.05) is 31.5 Å². The number of carbonyl (C=O) groups is 2. The first-order valence-electron chi connectivity index (χ1n) is 13.6. The number of nitrogens with zero attached hydrogens (tertiary/aromatic N) is 2. The summed E-state index contributed by atoms with van der Waals surface area (Å²) in [6.45, 7) is 7.77. The molecule has 2 saturated heterocycles. The lowest BCUT2D eigenvalue weighted by molar-refractivity contribution is -0.110. The van der Waals surface area contributed by atoms with E-state index in [1.165, 1.54) is 38.1 Å². The summed E-state index contributed by atoms with van der Waals surface area (Å²) in [5.41, 5.74) is 6.49. The van der Waals surface area contributed by atoms with Crippen LogP contribution in [0.4, 0.5) is 10.1 Å². The Labute approximate surface area is 222 Å². The van der Waals surface area contributed by atoms with Crippen LogP contribution in [-0.2, 0) is 4.79 Å². The number of likely N-dealkylation sites (tertiary alicyclic amines) is 2. The normalized spacial score (nSPS) is 19.3. The molecule has 0 radical (unpaired) electrons. The molecule has 6 nitrogen and oxygen atoms in total. The molecule has 2 aromatic carbocycles. The highest BCUT2D eigenvalue weighted by molar-refractivity contribution is 6.36. The van der Waals surface area contributed by atoms with E-state index in [4.69, 9.17) is 0 Å². The number of aromatic nitrogens is 1. The number of rotatable bonds is 4.